The van der Waals surface area contributed by atoms with E-state index in [9.17, 15) is 4.79 Å². The highest BCUT2D eigenvalue weighted by Crippen LogP contribution is 2.21. The lowest BCUT2D eigenvalue weighted by Gasteiger charge is -1.98. The van der Waals surface area contributed by atoms with Gasteiger partial charge in [-0.1, -0.05) is 23.7 Å². The monoisotopic (exact) mass is 366 g/mol. The van der Waals surface area contributed by atoms with Crippen LogP contribution in [0, 0.1) is 0 Å². The number of nitrogens with zero attached hydrogens (tertiary/aromatic N) is 2. The number of imidazole rings is 1. The Kier molecular flexibility index (Phi) is 4.65. The molecule has 0 spiro atoms. The molecule has 0 unspecified atom stereocenters. The summed E-state index contributed by atoms with van der Waals surface area (Å²) in [6, 6.07) is 10.9. The third-order valence-corrected chi connectivity index (χ3v) is 3.27. The van der Waals surface area contributed by atoms with Gasteiger partial charge in [0.25, 0.3) is 0 Å². The highest BCUT2D eigenvalue weighted by atomic mass is 79.9. The first kappa shape index (κ1) is 15.5. The van der Waals surface area contributed by atoms with E-state index in [4.69, 9.17) is 16.3 Å². The molecule has 0 aliphatic heterocycles. The van der Waals surface area contributed by atoms with E-state index in [1.807, 2.05) is 34.9 Å². The molecule has 0 saturated carbocycles. The van der Waals surface area contributed by atoms with Crippen molar-refractivity contribution in [3.8, 4) is 11.3 Å². The standard InChI is InChI=1S/C15H11ClN2O2.BrH/c1-20-15(19)11-6-7-18-9-13(17-14(18)8-11)10-2-4-12(16)5-3-10;/h2-9H,1H3;1H. The number of fused-ring (bicyclic) bond motifs is 1. The highest BCUT2D eigenvalue weighted by Gasteiger charge is 2.09. The van der Waals surface area contributed by atoms with E-state index >= 15 is 0 Å². The van der Waals surface area contributed by atoms with Gasteiger partial charge in [-0.15, -0.1) is 17.0 Å². The molecule has 21 heavy (non-hydrogen) atoms. The van der Waals surface area contributed by atoms with Crippen molar-refractivity contribution < 1.29 is 9.53 Å². The lowest BCUT2D eigenvalue weighted by molar-refractivity contribution is 0.0600. The molecule has 0 aliphatic carbocycles. The van der Waals surface area contributed by atoms with Gasteiger partial charge < -0.3 is 9.14 Å². The van der Waals surface area contributed by atoms with Crippen LogP contribution in [0.15, 0.2) is 48.8 Å². The Bertz CT molecular complexity index is 784. The molecule has 0 atom stereocenters. The number of carbonyl (C=O) groups excluding carboxylic acids is 1. The fourth-order valence-electron chi connectivity index (χ4n) is 1.99. The van der Waals surface area contributed by atoms with Crippen LogP contribution in [0.1, 0.15) is 10.4 Å². The Morgan fingerprint density at radius 2 is 1.95 bits per heavy atom. The molecular formula is C15H12BrClN2O2. The predicted molar refractivity (Wildman–Crippen MR) is 87.3 cm³/mol. The van der Waals surface area contributed by atoms with Crippen LogP contribution in [0.5, 0.6) is 0 Å². The normalized spacial score (nSPS) is 10.2. The molecule has 0 saturated heterocycles. The zero-order valence-electron chi connectivity index (χ0n) is 11.1. The van der Waals surface area contributed by atoms with Crippen LogP contribution in [0.4, 0.5) is 0 Å². The fraction of sp³-hybridized carbons (Fsp3) is 0.0667. The number of ether oxygens (including phenoxy) is 1. The van der Waals surface area contributed by atoms with Crippen LogP contribution < -0.4 is 0 Å². The highest BCUT2D eigenvalue weighted by molar-refractivity contribution is 8.93. The maximum atomic E-state index is 11.5. The second-order valence-corrected chi connectivity index (χ2v) is 4.74. The van der Waals surface area contributed by atoms with E-state index in [2.05, 4.69) is 4.98 Å². The summed E-state index contributed by atoms with van der Waals surface area (Å²) in [7, 11) is 1.36. The summed E-state index contributed by atoms with van der Waals surface area (Å²) in [5.41, 5.74) is 2.97. The zero-order valence-corrected chi connectivity index (χ0v) is 13.6. The van der Waals surface area contributed by atoms with Crippen molar-refractivity contribution in [2.24, 2.45) is 0 Å². The van der Waals surface area contributed by atoms with Crippen LogP contribution >= 0.6 is 28.6 Å². The molecule has 2 aromatic heterocycles. The minimum Gasteiger partial charge on any atom is -0.465 e. The number of halogens is 2. The van der Waals surface area contributed by atoms with Crippen molar-refractivity contribution in [1.82, 2.24) is 9.38 Å². The quantitative estimate of drug-likeness (QED) is 0.643. The summed E-state index contributed by atoms with van der Waals surface area (Å²) in [6.45, 7) is 0. The molecule has 0 fully saturated rings. The van der Waals surface area contributed by atoms with Crippen molar-refractivity contribution >= 4 is 40.2 Å². The number of hydrogen-bond donors (Lipinski definition) is 0. The second kappa shape index (κ2) is 6.28. The number of rotatable bonds is 2. The number of esters is 1. The molecule has 0 amide bonds. The van der Waals surface area contributed by atoms with Crippen molar-refractivity contribution in [3.05, 3.63) is 59.4 Å². The van der Waals surface area contributed by atoms with E-state index in [1.165, 1.54) is 7.11 Å². The van der Waals surface area contributed by atoms with E-state index in [-0.39, 0.29) is 23.0 Å². The van der Waals surface area contributed by atoms with E-state index in [1.54, 1.807) is 18.3 Å². The molecule has 3 rings (SSSR count). The largest absolute Gasteiger partial charge is 0.465 e. The summed E-state index contributed by atoms with van der Waals surface area (Å²) in [4.78, 5) is 16.0. The Morgan fingerprint density at radius 3 is 2.62 bits per heavy atom. The van der Waals surface area contributed by atoms with E-state index in [0.29, 0.717) is 16.2 Å². The van der Waals surface area contributed by atoms with E-state index < -0.39 is 0 Å². The summed E-state index contributed by atoms with van der Waals surface area (Å²) in [6.07, 6.45) is 3.69. The first-order valence-corrected chi connectivity index (χ1v) is 6.38. The maximum Gasteiger partial charge on any atom is 0.338 e. The van der Waals surface area contributed by atoms with Crippen LogP contribution in [0.3, 0.4) is 0 Å². The summed E-state index contributed by atoms with van der Waals surface area (Å²) < 4.78 is 6.56. The van der Waals surface area contributed by atoms with Crippen LogP contribution in [0.25, 0.3) is 16.9 Å². The van der Waals surface area contributed by atoms with Gasteiger partial charge in [-0.3, -0.25) is 0 Å². The minimum absolute atomic E-state index is 0. The summed E-state index contributed by atoms with van der Waals surface area (Å²) in [5.74, 6) is -0.372. The Morgan fingerprint density at radius 1 is 1.24 bits per heavy atom. The molecule has 1 aromatic carbocycles. The minimum atomic E-state index is -0.372. The predicted octanol–water partition coefficient (Wildman–Crippen LogP) is 4.02. The molecule has 3 aromatic rings. The van der Waals surface area contributed by atoms with Gasteiger partial charge in [0.2, 0.25) is 0 Å². The van der Waals surface area contributed by atoms with Gasteiger partial charge in [0, 0.05) is 23.0 Å². The molecule has 4 nitrogen and oxygen atoms in total. The molecule has 0 bridgehead atoms. The maximum absolute atomic E-state index is 11.5. The zero-order chi connectivity index (χ0) is 14.1. The van der Waals surface area contributed by atoms with Crippen LogP contribution in [-0.4, -0.2) is 22.5 Å². The van der Waals surface area contributed by atoms with Crippen LogP contribution in [-0.2, 0) is 4.74 Å². The third-order valence-electron chi connectivity index (χ3n) is 3.02. The number of carbonyl (C=O) groups is 1. The van der Waals surface area contributed by atoms with Gasteiger partial charge in [0.15, 0.2) is 0 Å². The van der Waals surface area contributed by atoms with Gasteiger partial charge in [0.1, 0.15) is 5.65 Å². The SMILES string of the molecule is Br.COC(=O)c1ccn2cc(-c3ccc(Cl)cc3)nc2c1. The lowest BCUT2D eigenvalue weighted by atomic mass is 10.2. The van der Waals surface area contributed by atoms with Crippen molar-refractivity contribution in [2.45, 2.75) is 0 Å². The molecule has 0 aliphatic rings. The van der Waals surface area contributed by atoms with E-state index in [0.717, 1.165) is 11.3 Å². The first-order valence-electron chi connectivity index (χ1n) is 6.00. The molecule has 0 N–H and O–H groups in total. The Balaban J connectivity index is 0.00000161. The number of benzene rings is 1. The number of hydrogen-bond acceptors (Lipinski definition) is 3. The average molecular weight is 368 g/mol. The van der Waals surface area contributed by atoms with Crippen molar-refractivity contribution in [3.63, 3.8) is 0 Å². The Labute approximate surface area is 137 Å². The first-order chi connectivity index (χ1) is 9.67. The summed E-state index contributed by atoms with van der Waals surface area (Å²) in [5, 5.41) is 0.686. The van der Waals surface area contributed by atoms with Gasteiger partial charge in [-0.2, -0.15) is 0 Å². The average Bonchev–Trinajstić information content (AvgIpc) is 2.90. The molecule has 0 radical (unpaired) electrons. The Hall–Kier alpha value is -1.85. The third kappa shape index (κ3) is 3.09. The second-order valence-electron chi connectivity index (χ2n) is 4.31. The number of pyridine rings is 1. The number of methoxy groups -OCH3 is 1. The topological polar surface area (TPSA) is 43.6 Å². The molecular weight excluding hydrogens is 356 g/mol. The molecule has 2 heterocycles. The van der Waals surface area contributed by atoms with Gasteiger partial charge in [-0.05, 0) is 24.3 Å². The van der Waals surface area contributed by atoms with Crippen LogP contribution in [0.2, 0.25) is 5.02 Å². The van der Waals surface area contributed by atoms with Gasteiger partial charge >= 0.3 is 5.97 Å². The summed E-state index contributed by atoms with van der Waals surface area (Å²) >= 11 is 5.87. The van der Waals surface area contributed by atoms with Crippen molar-refractivity contribution in [1.29, 1.82) is 0 Å². The molecule has 108 valence electrons. The van der Waals surface area contributed by atoms with Gasteiger partial charge in [-0.25, -0.2) is 9.78 Å². The van der Waals surface area contributed by atoms with Gasteiger partial charge in [0.05, 0.1) is 18.4 Å². The lowest BCUT2D eigenvalue weighted by Crippen LogP contribution is -2.01. The van der Waals surface area contributed by atoms with Crippen molar-refractivity contribution in [2.75, 3.05) is 7.11 Å². The number of aromatic nitrogens is 2. The fourth-order valence-corrected chi connectivity index (χ4v) is 2.11. The smallest absolute Gasteiger partial charge is 0.338 e. The molecule has 6 heteroatoms.